The van der Waals surface area contributed by atoms with Crippen LogP contribution in [0.2, 0.25) is 0 Å². The quantitative estimate of drug-likeness (QED) is 0.890. The summed E-state index contributed by atoms with van der Waals surface area (Å²) in [4.78, 5) is 10.9. The number of hydrogen-bond donors (Lipinski definition) is 1. The molecule has 0 radical (unpaired) electrons. The number of carboxylic acid groups (broad SMARTS) is 1. The maximum atomic E-state index is 10.9. The molecule has 3 heteroatoms. The Morgan fingerprint density at radius 1 is 1.11 bits per heavy atom. The van der Waals surface area contributed by atoms with Crippen LogP contribution < -0.4 is 4.74 Å². The van der Waals surface area contributed by atoms with Crippen LogP contribution in [-0.2, 0) is 0 Å². The molecular weight excluding hydrogens is 228 g/mol. The topological polar surface area (TPSA) is 46.5 Å². The summed E-state index contributed by atoms with van der Waals surface area (Å²) >= 11 is 0. The molecule has 0 atom stereocenters. The van der Waals surface area contributed by atoms with E-state index in [0.717, 1.165) is 11.3 Å². The highest BCUT2D eigenvalue weighted by molar-refractivity contribution is 5.88. The summed E-state index contributed by atoms with van der Waals surface area (Å²) in [5, 5.41) is 8.91. The van der Waals surface area contributed by atoms with Crippen LogP contribution in [0.4, 0.5) is 0 Å². The fourth-order valence-electron chi connectivity index (χ4n) is 1.73. The zero-order valence-corrected chi connectivity index (χ0v) is 10.3. The van der Waals surface area contributed by atoms with E-state index in [2.05, 4.69) is 0 Å². The van der Waals surface area contributed by atoms with E-state index in [0.29, 0.717) is 5.75 Å². The van der Waals surface area contributed by atoms with Gasteiger partial charge in [0.15, 0.2) is 0 Å². The fourth-order valence-corrected chi connectivity index (χ4v) is 1.73. The Kier molecular flexibility index (Phi) is 3.33. The summed E-state index contributed by atoms with van der Waals surface area (Å²) in [6, 6.07) is 12.3. The zero-order chi connectivity index (χ0) is 13.1. The number of aromatic carboxylic acids is 1. The lowest BCUT2D eigenvalue weighted by molar-refractivity contribution is 0.0696. The first-order chi connectivity index (χ1) is 8.56. The van der Waals surface area contributed by atoms with Gasteiger partial charge in [-0.3, -0.25) is 0 Å². The molecule has 2 aromatic rings. The van der Waals surface area contributed by atoms with Gasteiger partial charge in [-0.1, -0.05) is 23.8 Å². The molecule has 0 aliphatic heterocycles. The van der Waals surface area contributed by atoms with E-state index in [4.69, 9.17) is 9.84 Å². The van der Waals surface area contributed by atoms with Crippen LogP contribution in [0.15, 0.2) is 42.5 Å². The summed E-state index contributed by atoms with van der Waals surface area (Å²) in [6.45, 7) is 3.98. The molecule has 0 bridgehead atoms. The van der Waals surface area contributed by atoms with Crippen molar-refractivity contribution in [2.75, 3.05) is 0 Å². The average molecular weight is 242 g/mol. The number of carbonyl (C=O) groups is 1. The number of rotatable bonds is 3. The van der Waals surface area contributed by atoms with Gasteiger partial charge in [0.05, 0.1) is 5.56 Å². The molecule has 0 fully saturated rings. The van der Waals surface area contributed by atoms with Crippen LogP contribution in [-0.4, -0.2) is 11.1 Å². The predicted molar refractivity (Wildman–Crippen MR) is 69.4 cm³/mol. The molecule has 0 spiro atoms. The highest BCUT2D eigenvalue weighted by atomic mass is 16.5. The van der Waals surface area contributed by atoms with Gasteiger partial charge in [-0.25, -0.2) is 4.79 Å². The van der Waals surface area contributed by atoms with Crippen LogP contribution in [0.5, 0.6) is 11.5 Å². The number of ether oxygens (including phenoxy) is 1. The molecule has 0 aliphatic carbocycles. The largest absolute Gasteiger partial charge is 0.478 e. The third-order valence-electron chi connectivity index (χ3n) is 2.64. The van der Waals surface area contributed by atoms with E-state index in [9.17, 15) is 4.79 Å². The van der Waals surface area contributed by atoms with Crippen molar-refractivity contribution in [1.29, 1.82) is 0 Å². The molecule has 92 valence electrons. The Hall–Kier alpha value is -2.29. The van der Waals surface area contributed by atoms with Gasteiger partial charge in [0.25, 0.3) is 0 Å². The normalized spacial score (nSPS) is 10.1. The summed E-state index contributed by atoms with van der Waals surface area (Å²) in [6.07, 6.45) is 0. The Balaban J connectivity index is 2.28. The number of benzene rings is 2. The summed E-state index contributed by atoms with van der Waals surface area (Å²) in [7, 11) is 0. The van der Waals surface area contributed by atoms with Crippen LogP contribution in [0, 0.1) is 13.8 Å². The smallest absolute Gasteiger partial charge is 0.335 e. The minimum Gasteiger partial charge on any atom is -0.478 e. The predicted octanol–water partition coefficient (Wildman–Crippen LogP) is 3.79. The van der Waals surface area contributed by atoms with E-state index in [1.165, 1.54) is 17.7 Å². The molecule has 2 rings (SSSR count). The average Bonchev–Trinajstić information content (AvgIpc) is 2.33. The van der Waals surface area contributed by atoms with Gasteiger partial charge in [0.1, 0.15) is 11.5 Å². The van der Waals surface area contributed by atoms with Crippen molar-refractivity contribution < 1.29 is 14.6 Å². The maximum absolute atomic E-state index is 10.9. The van der Waals surface area contributed by atoms with Gasteiger partial charge in [-0.2, -0.15) is 0 Å². The Morgan fingerprint density at radius 2 is 1.89 bits per heavy atom. The maximum Gasteiger partial charge on any atom is 0.335 e. The molecule has 0 unspecified atom stereocenters. The third kappa shape index (κ3) is 2.69. The van der Waals surface area contributed by atoms with Crippen LogP contribution >= 0.6 is 0 Å². The monoisotopic (exact) mass is 242 g/mol. The standard InChI is InChI=1S/C15H14O3/c1-10-6-7-14(11(2)8-10)18-13-5-3-4-12(9-13)15(16)17/h3-9H,1-2H3,(H,16,17). The van der Waals surface area contributed by atoms with Crippen molar-refractivity contribution >= 4 is 5.97 Å². The lowest BCUT2D eigenvalue weighted by Crippen LogP contribution is -1.96. The molecule has 0 aliphatic rings. The third-order valence-corrected chi connectivity index (χ3v) is 2.64. The molecule has 0 aromatic heterocycles. The van der Waals surface area contributed by atoms with E-state index in [-0.39, 0.29) is 5.56 Å². The fraction of sp³-hybridized carbons (Fsp3) is 0.133. The molecule has 0 saturated heterocycles. The van der Waals surface area contributed by atoms with Crippen molar-refractivity contribution in [3.05, 3.63) is 59.2 Å². The van der Waals surface area contributed by atoms with Gasteiger partial charge in [0.2, 0.25) is 0 Å². The first kappa shape index (κ1) is 12.2. The van der Waals surface area contributed by atoms with Gasteiger partial charge in [-0.15, -0.1) is 0 Å². The van der Waals surface area contributed by atoms with Crippen molar-refractivity contribution in [2.24, 2.45) is 0 Å². The van der Waals surface area contributed by atoms with E-state index >= 15 is 0 Å². The molecular formula is C15H14O3. The van der Waals surface area contributed by atoms with Gasteiger partial charge in [0, 0.05) is 0 Å². The minimum absolute atomic E-state index is 0.220. The highest BCUT2D eigenvalue weighted by Gasteiger charge is 2.06. The second-order valence-electron chi connectivity index (χ2n) is 4.20. The van der Waals surface area contributed by atoms with Crippen molar-refractivity contribution in [3.8, 4) is 11.5 Å². The van der Waals surface area contributed by atoms with Crippen molar-refractivity contribution in [2.45, 2.75) is 13.8 Å². The molecule has 3 nitrogen and oxygen atoms in total. The van der Waals surface area contributed by atoms with Crippen LogP contribution in [0.25, 0.3) is 0 Å². The minimum atomic E-state index is -0.957. The molecule has 0 heterocycles. The number of hydrogen-bond acceptors (Lipinski definition) is 2. The van der Waals surface area contributed by atoms with Gasteiger partial charge >= 0.3 is 5.97 Å². The van der Waals surface area contributed by atoms with E-state index < -0.39 is 5.97 Å². The Morgan fingerprint density at radius 3 is 2.56 bits per heavy atom. The van der Waals surface area contributed by atoms with Gasteiger partial charge in [-0.05, 0) is 43.7 Å². The zero-order valence-electron chi connectivity index (χ0n) is 10.3. The Labute approximate surface area is 106 Å². The SMILES string of the molecule is Cc1ccc(Oc2cccc(C(=O)O)c2)c(C)c1. The van der Waals surface area contributed by atoms with E-state index in [1.807, 2.05) is 32.0 Å². The second-order valence-corrected chi connectivity index (χ2v) is 4.20. The van der Waals surface area contributed by atoms with E-state index in [1.54, 1.807) is 12.1 Å². The van der Waals surface area contributed by atoms with Gasteiger partial charge < -0.3 is 9.84 Å². The lowest BCUT2D eigenvalue weighted by atomic mass is 10.1. The second kappa shape index (κ2) is 4.92. The number of aryl methyl sites for hydroxylation is 2. The highest BCUT2D eigenvalue weighted by Crippen LogP contribution is 2.26. The van der Waals surface area contributed by atoms with Crippen LogP contribution in [0.1, 0.15) is 21.5 Å². The molecule has 1 N–H and O–H groups in total. The first-order valence-electron chi connectivity index (χ1n) is 5.65. The lowest BCUT2D eigenvalue weighted by Gasteiger charge is -2.09. The first-order valence-corrected chi connectivity index (χ1v) is 5.65. The summed E-state index contributed by atoms with van der Waals surface area (Å²) in [5.41, 5.74) is 2.41. The van der Waals surface area contributed by atoms with Crippen molar-refractivity contribution in [1.82, 2.24) is 0 Å². The summed E-state index contributed by atoms with van der Waals surface area (Å²) < 4.78 is 5.69. The summed E-state index contributed by atoms with van der Waals surface area (Å²) in [5.74, 6) is 0.311. The molecule has 0 amide bonds. The molecule has 2 aromatic carbocycles. The number of carboxylic acids is 1. The molecule has 18 heavy (non-hydrogen) atoms. The molecule has 0 saturated carbocycles. The van der Waals surface area contributed by atoms with Crippen LogP contribution in [0.3, 0.4) is 0 Å². The Bertz CT molecular complexity index is 588. The van der Waals surface area contributed by atoms with Crippen molar-refractivity contribution in [3.63, 3.8) is 0 Å².